The van der Waals surface area contributed by atoms with Crippen LogP contribution in [-0.2, 0) is 21.7 Å². The highest BCUT2D eigenvalue weighted by Gasteiger charge is 2.62. The largest absolute Gasteiger partial charge is 0.375 e. The predicted octanol–water partition coefficient (Wildman–Crippen LogP) is 16.7. The predicted molar refractivity (Wildman–Crippen MR) is 297 cm³/mol. The molecule has 8 aromatic rings. The Morgan fingerprint density at radius 2 is 1.18 bits per heavy atom. The van der Waals surface area contributed by atoms with Crippen LogP contribution in [0.1, 0.15) is 130 Å². The molecule has 342 valence electrons. The van der Waals surface area contributed by atoms with Gasteiger partial charge in [-0.05, 0) is 136 Å². The number of anilines is 7. The maximum absolute atomic E-state index is 2.91. The van der Waals surface area contributed by atoms with Crippen molar-refractivity contribution in [2.75, 3.05) is 14.6 Å². The number of rotatable bonds is 4. The minimum Gasteiger partial charge on any atom is -0.375 e. The third-order valence-corrected chi connectivity index (χ3v) is 18.2. The smallest absolute Gasteiger partial charge is 0.333 e. The minimum absolute atomic E-state index is 0.0300. The zero-order valence-corrected chi connectivity index (χ0v) is 43.2. The molecule has 0 spiro atoms. The van der Waals surface area contributed by atoms with Crippen molar-refractivity contribution < 1.29 is 0 Å². The summed E-state index contributed by atoms with van der Waals surface area (Å²) in [5, 5.41) is 2.67. The quantitative estimate of drug-likeness (QED) is 0.163. The van der Waals surface area contributed by atoms with Gasteiger partial charge in [-0.2, -0.15) is 0 Å². The summed E-state index contributed by atoms with van der Waals surface area (Å²) in [7, 11) is 0. The van der Waals surface area contributed by atoms with E-state index in [0.717, 1.165) is 6.42 Å². The molecule has 1 fully saturated rings. The number of thiophene rings is 1. The molecule has 2 unspecified atom stereocenters. The lowest BCUT2D eigenvalue weighted by Gasteiger charge is -2.53. The third kappa shape index (κ3) is 6.16. The Kier molecular flexibility index (Phi) is 9.36. The molecular formula is C63H66BN3S. The lowest BCUT2D eigenvalue weighted by atomic mass is 9.43. The normalized spacial score (nSPS) is 19.6. The lowest BCUT2D eigenvalue weighted by molar-refractivity contribution is 0.195. The summed E-state index contributed by atoms with van der Waals surface area (Å²) in [5.74, 6) is 0. The van der Waals surface area contributed by atoms with E-state index in [2.05, 4.69) is 231 Å². The van der Waals surface area contributed by atoms with E-state index in [1.54, 1.807) is 5.56 Å². The molecule has 12 rings (SSSR count). The Morgan fingerprint density at radius 3 is 1.82 bits per heavy atom. The molecule has 0 bridgehead atoms. The first-order valence-corrected chi connectivity index (χ1v) is 26.1. The number of fused-ring (bicyclic) bond motifs is 11. The third-order valence-electron chi connectivity index (χ3n) is 17.0. The molecule has 4 aliphatic rings. The fraction of sp³-hybridized carbons (Fsp3) is 0.333. The Morgan fingerprint density at radius 1 is 0.559 bits per heavy atom. The number of benzene rings is 7. The van der Waals surface area contributed by atoms with Crippen molar-refractivity contribution in [2.45, 2.75) is 136 Å². The van der Waals surface area contributed by atoms with Crippen LogP contribution in [0.15, 0.2) is 133 Å². The van der Waals surface area contributed by atoms with Crippen LogP contribution >= 0.6 is 11.3 Å². The van der Waals surface area contributed by atoms with Crippen LogP contribution in [0.3, 0.4) is 0 Å². The van der Waals surface area contributed by atoms with E-state index in [4.69, 9.17) is 0 Å². The van der Waals surface area contributed by atoms with Gasteiger partial charge in [0, 0.05) is 60.6 Å². The van der Waals surface area contributed by atoms with E-state index in [0.29, 0.717) is 0 Å². The van der Waals surface area contributed by atoms with Crippen LogP contribution < -0.4 is 25.5 Å². The number of hydrogen-bond donors (Lipinski definition) is 0. The summed E-state index contributed by atoms with van der Waals surface area (Å²) in [6, 6.07) is 52.4. The highest BCUT2D eigenvalue weighted by molar-refractivity contribution is 7.26. The van der Waals surface area contributed by atoms with Crippen LogP contribution in [-0.4, -0.2) is 12.4 Å². The average Bonchev–Trinajstić information content (AvgIpc) is 3.78. The van der Waals surface area contributed by atoms with E-state index >= 15 is 0 Å². The van der Waals surface area contributed by atoms with Gasteiger partial charge in [0.2, 0.25) is 0 Å². The van der Waals surface area contributed by atoms with E-state index < -0.39 is 0 Å². The summed E-state index contributed by atoms with van der Waals surface area (Å²) in [6.07, 6.45) is 4.82. The Hall–Kier alpha value is -5.78. The molecule has 1 saturated carbocycles. The number of para-hydroxylation sites is 1. The van der Waals surface area contributed by atoms with Gasteiger partial charge in [-0.1, -0.05) is 167 Å². The molecule has 7 aromatic carbocycles. The molecular weight excluding hydrogens is 842 g/mol. The maximum atomic E-state index is 2.91. The Labute approximate surface area is 409 Å². The molecule has 3 aliphatic heterocycles. The molecule has 1 aromatic heterocycles. The van der Waals surface area contributed by atoms with Crippen molar-refractivity contribution in [3.8, 4) is 11.1 Å². The summed E-state index contributed by atoms with van der Waals surface area (Å²) >= 11 is 1.96. The van der Waals surface area contributed by atoms with E-state index in [1.807, 2.05) is 11.3 Å². The molecule has 3 nitrogen and oxygen atoms in total. The molecule has 1 aliphatic carbocycles. The topological polar surface area (TPSA) is 9.72 Å². The molecule has 5 heteroatoms. The van der Waals surface area contributed by atoms with Crippen molar-refractivity contribution in [2.24, 2.45) is 0 Å². The van der Waals surface area contributed by atoms with Gasteiger partial charge in [0.05, 0.1) is 15.9 Å². The molecule has 4 heterocycles. The van der Waals surface area contributed by atoms with Crippen molar-refractivity contribution in [3.05, 3.63) is 161 Å². The highest BCUT2D eigenvalue weighted by Crippen LogP contribution is 2.63. The van der Waals surface area contributed by atoms with Crippen LogP contribution in [0.4, 0.5) is 39.8 Å². The first kappa shape index (κ1) is 43.5. The second kappa shape index (κ2) is 14.6. The van der Waals surface area contributed by atoms with Gasteiger partial charge in [-0.15, -0.1) is 11.3 Å². The zero-order valence-electron chi connectivity index (χ0n) is 42.4. The first-order valence-electron chi connectivity index (χ1n) is 25.3. The van der Waals surface area contributed by atoms with Crippen LogP contribution in [0.25, 0.3) is 31.3 Å². The first-order chi connectivity index (χ1) is 32.3. The summed E-state index contributed by atoms with van der Waals surface area (Å²) in [4.78, 5) is 8.26. The summed E-state index contributed by atoms with van der Waals surface area (Å²) in [5.41, 5.74) is 21.3. The number of hydrogen-bond acceptors (Lipinski definition) is 4. The number of nitrogens with zero attached hydrogens (tertiary/aromatic N) is 3. The van der Waals surface area contributed by atoms with Crippen LogP contribution in [0.5, 0.6) is 0 Å². The summed E-state index contributed by atoms with van der Waals surface area (Å²) < 4.78 is 2.69. The Balaban J connectivity index is 1.24. The second-order valence-electron chi connectivity index (χ2n) is 24.2. The van der Waals surface area contributed by atoms with Crippen molar-refractivity contribution in [1.82, 2.24) is 0 Å². The van der Waals surface area contributed by atoms with Crippen molar-refractivity contribution in [1.29, 1.82) is 0 Å². The van der Waals surface area contributed by atoms with E-state index in [-0.39, 0.29) is 34.0 Å². The molecule has 0 saturated heterocycles. The highest BCUT2D eigenvalue weighted by atomic mass is 32.1. The standard InChI is InChI=1S/C63H66BN3S/c1-39-19-13-15-21-52(39)67-56-47(31-32-48-46-20-14-16-22-54(46)68-58(48)56)49-37-45(65(43-27-23-40(24-28-43)59(2,3)4)44-29-25-41(26-30-44)60(5,6)7)38-53-55(49)64(67)51-36-42(61(8,9)10)35-50-57(51)66(53)63(12)34-18-17-33-62(50,63)11/h13-16,19-32,35-38H,17-18,33-34H2,1-12H3. The van der Waals surface area contributed by atoms with Gasteiger partial charge in [-0.25, -0.2) is 0 Å². The maximum Gasteiger partial charge on any atom is 0.333 e. The van der Waals surface area contributed by atoms with E-state index in [1.165, 1.54) is 124 Å². The van der Waals surface area contributed by atoms with Crippen molar-refractivity contribution in [3.63, 3.8) is 0 Å². The zero-order chi connectivity index (χ0) is 47.4. The molecule has 0 amide bonds. The van der Waals surface area contributed by atoms with Gasteiger partial charge in [-0.3, -0.25) is 0 Å². The molecule has 2 atom stereocenters. The van der Waals surface area contributed by atoms with Gasteiger partial charge in [0.25, 0.3) is 0 Å². The molecule has 68 heavy (non-hydrogen) atoms. The fourth-order valence-corrected chi connectivity index (χ4v) is 14.1. The molecule has 0 radical (unpaired) electrons. The minimum atomic E-state index is -0.118. The van der Waals surface area contributed by atoms with Crippen LogP contribution in [0, 0.1) is 6.92 Å². The second-order valence-corrected chi connectivity index (χ2v) is 25.3. The van der Waals surface area contributed by atoms with Gasteiger partial charge in [0.15, 0.2) is 0 Å². The SMILES string of the molecule is Cc1ccccc1N1B2c3cc(C(C)(C)C)cc4c3N(c3cc(N(c5ccc(C(C)(C)C)cc5)c5ccc(C(C)(C)C)cc5)cc(c32)-c2ccc3c(sc5ccccc53)c21)C1(C)CCCCC41C. The Bertz CT molecular complexity index is 3300. The van der Waals surface area contributed by atoms with Gasteiger partial charge in [0.1, 0.15) is 0 Å². The van der Waals surface area contributed by atoms with E-state index in [9.17, 15) is 0 Å². The van der Waals surface area contributed by atoms with Crippen LogP contribution in [0.2, 0.25) is 0 Å². The monoisotopic (exact) mass is 908 g/mol. The summed E-state index contributed by atoms with van der Waals surface area (Å²) in [6.45, 7) is 28.6. The lowest BCUT2D eigenvalue weighted by Crippen LogP contribution is -2.64. The van der Waals surface area contributed by atoms with Gasteiger partial charge >= 0.3 is 6.85 Å². The van der Waals surface area contributed by atoms with Gasteiger partial charge < -0.3 is 14.6 Å². The number of aryl methyl sites for hydroxylation is 1. The average molecular weight is 908 g/mol. The fourth-order valence-electron chi connectivity index (χ4n) is 12.9. The molecule has 0 N–H and O–H groups in total. The van der Waals surface area contributed by atoms with Crippen molar-refractivity contribution >= 4 is 89.1 Å².